The number of hydrogen-bond donors (Lipinski definition) is 3. The van der Waals surface area contributed by atoms with E-state index >= 15 is 0 Å². The predicted octanol–water partition coefficient (Wildman–Crippen LogP) is 4.16. The van der Waals surface area contributed by atoms with E-state index in [9.17, 15) is 15.0 Å². The Morgan fingerprint density at radius 1 is 1.23 bits per heavy atom. The number of phenolic OH excluding ortho intramolecular Hbond substituents is 2. The second kappa shape index (κ2) is 8.30. The summed E-state index contributed by atoms with van der Waals surface area (Å²) in [5, 5.41) is 21.9. The molecule has 0 spiro atoms. The van der Waals surface area contributed by atoms with Crippen molar-refractivity contribution in [1.82, 2.24) is 5.32 Å². The largest absolute Gasteiger partial charge is 0.504 e. The third-order valence-electron chi connectivity index (χ3n) is 5.58. The SMILES string of the molecule is COc1c(C)c(C)c2c(c1CNC(=O)/C=C/c1ccc(O)c(O)c1)CCC(C)(C)O2. The van der Waals surface area contributed by atoms with Gasteiger partial charge in [0.1, 0.15) is 17.1 Å². The van der Waals surface area contributed by atoms with E-state index in [1.165, 1.54) is 18.2 Å². The normalized spacial score (nSPS) is 14.8. The third kappa shape index (κ3) is 4.37. The number of fused-ring (bicyclic) bond motifs is 1. The quantitative estimate of drug-likeness (QED) is 0.508. The van der Waals surface area contributed by atoms with Crippen molar-refractivity contribution in [3.8, 4) is 23.0 Å². The molecule has 6 nitrogen and oxygen atoms in total. The Morgan fingerprint density at radius 3 is 2.63 bits per heavy atom. The maximum absolute atomic E-state index is 12.4. The Hall–Kier alpha value is -3.15. The maximum Gasteiger partial charge on any atom is 0.244 e. The fraction of sp³-hybridized carbons (Fsp3) is 0.375. The van der Waals surface area contributed by atoms with E-state index in [2.05, 4.69) is 19.2 Å². The van der Waals surface area contributed by atoms with E-state index in [1.54, 1.807) is 19.3 Å². The van der Waals surface area contributed by atoms with Crippen LogP contribution in [0.4, 0.5) is 0 Å². The number of aromatic hydroxyl groups is 2. The molecule has 1 amide bonds. The summed E-state index contributed by atoms with van der Waals surface area (Å²) in [6, 6.07) is 4.38. The molecule has 0 bridgehead atoms. The first kappa shape index (κ1) is 21.6. The van der Waals surface area contributed by atoms with Crippen LogP contribution in [-0.2, 0) is 17.8 Å². The minimum Gasteiger partial charge on any atom is -0.504 e. The Balaban J connectivity index is 1.82. The molecule has 0 saturated heterocycles. The van der Waals surface area contributed by atoms with E-state index < -0.39 is 0 Å². The molecule has 0 aliphatic carbocycles. The summed E-state index contributed by atoms with van der Waals surface area (Å²) in [5.74, 6) is 0.973. The van der Waals surface area contributed by atoms with Crippen LogP contribution >= 0.6 is 0 Å². The van der Waals surface area contributed by atoms with Gasteiger partial charge in [0, 0.05) is 23.7 Å². The van der Waals surface area contributed by atoms with Gasteiger partial charge in [-0.1, -0.05) is 6.07 Å². The molecule has 2 aromatic carbocycles. The molecule has 0 saturated carbocycles. The van der Waals surface area contributed by atoms with Crippen molar-refractivity contribution < 1.29 is 24.5 Å². The van der Waals surface area contributed by atoms with E-state index in [0.29, 0.717) is 12.1 Å². The van der Waals surface area contributed by atoms with Crippen molar-refractivity contribution in [2.45, 2.75) is 52.7 Å². The maximum atomic E-state index is 12.4. The molecule has 2 aromatic rings. The molecular formula is C24H29NO5. The van der Waals surface area contributed by atoms with Gasteiger partial charge in [-0.3, -0.25) is 4.79 Å². The van der Waals surface area contributed by atoms with Crippen LogP contribution in [0.3, 0.4) is 0 Å². The van der Waals surface area contributed by atoms with Crippen LogP contribution in [0.5, 0.6) is 23.0 Å². The lowest BCUT2D eigenvalue weighted by atomic mass is 9.87. The summed E-state index contributed by atoms with van der Waals surface area (Å²) in [6.07, 6.45) is 4.71. The zero-order chi connectivity index (χ0) is 22.1. The number of phenols is 2. The molecule has 1 heterocycles. The topological polar surface area (TPSA) is 88.0 Å². The van der Waals surface area contributed by atoms with Crippen LogP contribution in [-0.4, -0.2) is 28.8 Å². The monoisotopic (exact) mass is 411 g/mol. The van der Waals surface area contributed by atoms with Gasteiger partial charge in [-0.2, -0.15) is 0 Å². The molecule has 1 aliphatic heterocycles. The summed E-state index contributed by atoms with van der Waals surface area (Å²) in [4.78, 5) is 12.4. The molecular weight excluding hydrogens is 382 g/mol. The Bertz CT molecular complexity index is 1010. The van der Waals surface area contributed by atoms with Crippen LogP contribution in [0.25, 0.3) is 6.08 Å². The first-order valence-electron chi connectivity index (χ1n) is 9.98. The van der Waals surface area contributed by atoms with E-state index in [4.69, 9.17) is 9.47 Å². The summed E-state index contributed by atoms with van der Waals surface area (Å²) in [5.41, 5.74) is 4.48. The van der Waals surface area contributed by atoms with Gasteiger partial charge in [0.15, 0.2) is 11.5 Å². The van der Waals surface area contributed by atoms with Gasteiger partial charge in [0.2, 0.25) is 5.91 Å². The van der Waals surface area contributed by atoms with Gasteiger partial charge in [0.05, 0.1) is 7.11 Å². The number of methoxy groups -OCH3 is 1. The van der Waals surface area contributed by atoms with Crippen LogP contribution < -0.4 is 14.8 Å². The number of rotatable bonds is 5. The fourth-order valence-electron chi connectivity index (χ4n) is 3.74. The van der Waals surface area contributed by atoms with Crippen LogP contribution in [0, 0.1) is 13.8 Å². The van der Waals surface area contributed by atoms with E-state index in [-0.39, 0.29) is 23.0 Å². The van der Waals surface area contributed by atoms with Crippen molar-refractivity contribution in [3.05, 3.63) is 52.1 Å². The summed E-state index contributed by atoms with van der Waals surface area (Å²) < 4.78 is 12.0. The zero-order valence-electron chi connectivity index (χ0n) is 18.1. The number of carbonyl (C=O) groups is 1. The van der Waals surface area contributed by atoms with E-state index in [1.807, 2.05) is 13.8 Å². The van der Waals surface area contributed by atoms with Crippen molar-refractivity contribution >= 4 is 12.0 Å². The Morgan fingerprint density at radius 2 is 1.97 bits per heavy atom. The fourth-order valence-corrected chi connectivity index (χ4v) is 3.74. The molecule has 0 fully saturated rings. The van der Waals surface area contributed by atoms with Gasteiger partial charge in [-0.05, 0) is 75.4 Å². The number of benzene rings is 2. The Kier molecular flexibility index (Phi) is 5.97. The number of nitrogens with one attached hydrogen (secondary N) is 1. The molecule has 3 N–H and O–H groups in total. The van der Waals surface area contributed by atoms with Crippen molar-refractivity contribution in [3.63, 3.8) is 0 Å². The summed E-state index contributed by atoms with van der Waals surface area (Å²) >= 11 is 0. The number of amides is 1. The number of hydrogen-bond acceptors (Lipinski definition) is 5. The van der Waals surface area contributed by atoms with Crippen LogP contribution in [0.2, 0.25) is 0 Å². The second-order valence-corrected chi connectivity index (χ2v) is 8.23. The Labute approximate surface area is 177 Å². The molecule has 3 rings (SSSR count). The number of ether oxygens (including phenoxy) is 2. The standard InChI is InChI=1S/C24H29NO5/c1-14-15(2)23-17(10-11-24(3,4)30-23)18(22(14)29-5)13-25-21(28)9-7-16-6-8-19(26)20(27)12-16/h6-9,12,26-27H,10-11,13H2,1-5H3,(H,25,28)/b9-7+. The van der Waals surface area contributed by atoms with Crippen molar-refractivity contribution in [1.29, 1.82) is 0 Å². The molecule has 0 atom stereocenters. The van der Waals surface area contributed by atoms with Gasteiger partial charge in [0.25, 0.3) is 0 Å². The zero-order valence-corrected chi connectivity index (χ0v) is 18.1. The lowest BCUT2D eigenvalue weighted by Gasteiger charge is -2.36. The second-order valence-electron chi connectivity index (χ2n) is 8.23. The third-order valence-corrected chi connectivity index (χ3v) is 5.58. The minimum absolute atomic E-state index is 0.200. The lowest BCUT2D eigenvalue weighted by Crippen LogP contribution is -2.34. The predicted molar refractivity (Wildman–Crippen MR) is 116 cm³/mol. The summed E-state index contributed by atoms with van der Waals surface area (Å²) in [7, 11) is 1.64. The lowest BCUT2D eigenvalue weighted by molar-refractivity contribution is -0.116. The highest BCUT2D eigenvalue weighted by Crippen LogP contribution is 2.43. The first-order valence-corrected chi connectivity index (χ1v) is 9.98. The molecule has 0 aromatic heterocycles. The molecule has 6 heteroatoms. The van der Waals surface area contributed by atoms with Gasteiger partial charge < -0.3 is 25.0 Å². The highest BCUT2D eigenvalue weighted by Gasteiger charge is 2.32. The number of carbonyl (C=O) groups excluding carboxylic acids is 1. The molecule has 0 radical (unpaired) electrons. The molecule has 0 unspecified atom stereocenters. The minimum atomic E-state index is -0.270. The molecule has 160 valence electrons. The van der Waals surface area contributed by atoms with Crippen LogP contribution in [0.1, 0.15) is 48.1 Å². The highest BCUT2D eigenvalue weighted by atomic mass is 16.5. The van der Waals surface area contributed by atoms with Crippen molar-refractivity contribution in [2.24, 2.45) is 0 Å². The van der Waals surface area contributed by atoms with Gasteiger partial charge in [-0.15, -0.1) is 0 Å². The average Bonchev–Trinajstić information content (AvgIpc) is 2.70. The molecule has 1 aliphatic rings. The average molecular weight is 411 g/mol. The van der Waals surface area contributed by atoms with Gasteiger partial charge in [-0.25, -0.2) is 0 Å². The van der Waals surface area contributed by atoms with Crippen LogP contribution in [0.15, 0.2) is 24.3 Å². The molecule has 30 heavy (non-hydrogen) atoms. The smallest absolute Gasteiger partial charge is 0.244 e. The van der Waals surface area contributed by atoms with Gasteiger partial charge >= 0.3 is 0 Å². The van der Waals surface area contributed by atoms with Crippen molar-refractivity contribution in [2.75, 3.05) is 7.11 Å². The highest BCUT2D eigenvalue weighted by molar-refractivity contribution is 5.91. The first-order chi connectivity index (χ1) is 14.1. The summed E-state index contributed by atoms with van der Waals surface area (Å²) in [6.45, 7) is 8.53. The van der Waals surface area contributed by atoms with E-state index in [0.717, 1.165) is 46.6 Å².